The average molecular weight is 662 g/mol. The van der Waals surface area contributed by atoms with Crippen LogP contribution in [0.15, 0.2) is 10.5 Å². The van der Waals surface area contributed by atoms with E-state index in [9.17, 15) is 22.4 Å². The number of anilines is 1. The van der Waals surface area contributed by atoms with Crippen LogP contribution in [0.25, 0.3) is 10.9 Å². The average Bonchev–Trinajstić information content (AvgIpc) is 3.50. The Morgan fingerprint density at radius 1 is 1.14 bits per heavy atom. The lowest BCUT2D eigenvalue weighted by Gasteiger charge is -2.42. The van der Waals surface area contributed by atoms with Crippen LogP contribution < -0.4 is 9.64 Å². The van der Waals surface area contributed by atoms with Crippen molar-refractivity contribution in [3.8, 4) is 6.01 Å². The predicted octanol–water partition coefficient (Wildman–Crippen LogP) is 6.09. The van der Waals surface area contributed by atoms with Crippen molar-refractivity contribution in [1.29, 1.82) is 0 Å². The second-order valence-corrected chi connectivity index (χ2v) is 13.6. The molecule has 4 atom stereocenters. The molecule has 0 saturated carbocycles. The summed E-state index contributed by atoms with van der Waals surface area (Å²) in [7, 11) is 0. The summed E-state index contributed by atoms with van der Waals surface area (Å²) in [5, 5.41) is -0.106. The van der Waals surface area contributed by atoms with Crippen molar-refractivity contribution in [1.82, 2.24) is 19.8 Å². The summed E-state index contributed by atoms with van der Waals surface area (Å²) in [6.07, 6.45) is -2.95. The number of hydrogen-bond acceptors (Lipinski definition) is 7. The van der Waals surface area contributed by atoms with Gasteiger partial charge in [-0.3, -0.25) is 9.80 Å². The van der Waals surface area contributed by atoms with Gasteiger partial charge in [-0.15, -0.1) is 0 Å². The number of alkyl halides is 4. The highest BCUT2D eigenvalue weighted by atomic mass is 79.9. The molecule has 1 amide bonds. The first-order chi connectivity index (χ1) is 19.6. The third-order valence-corrected chi connectivity index (χ3v) is 9.53. The Hall–Kier alpha value is -2.48. The van der Waals surface area contributed by atoms with Gasteiger partial charge in [0.1, 0.15) is 29.7 Å². The molecular formula is C28H33BrF5N5O3. The number of rotatable bonds is 4. The maximum atomic E-state index is 15.6. The summed E-state index contributed by atoms with van der Waals surface area (Å²) in [6, 6.07) is 0.141. The van der Waals surface area contributed by atoms with Crippen molar-refractivity contribution >= 4 is 38.7 Å². The summed E-state index contributed by atoms with van der Waals surface area (Å²) in [5.41, 5.74) is -2.69. The maximum absolute atomic E-state index is 15.6. The minimum atomic E-state index is -4.83. The van der Waals surface area contributed by atoms with E-state index in [1.54, 1.807) is 30.6 Å². The number of aromatic nitrogens is 2. The molecule has 8 nitrogen and oxygen atoms in total. The van der Waals surface area contributed by atoms with Gasteiger partial charge in [0.25, 0.3) is 0 Å². The second kappa shape index (κ2) is 10.3. The van der Waals surface area contributed by atoms with Gasteiger partial charge in [0.05, 0.1) is 27.7 Å². The molecule has 0 spiro atoms. The number of amides is 1. The van der Waals surface area contributed by atoms with Crippen LogP contribution in [0.2, 0.25) is 0 Å². The lowest BCUT2D eigenvalue weighted by atomic mass is 9.95. The Labute approximate surface area is 248 Å². The van der Waals surface area contributed by atoms with Gasteiger partial charge in [-0.25, -0.2) is 13.6 Å². The van der Waals surface area contributed by atoms with Crippen molar-refractivity contribution in [3.63, 3.8) is 0 Å². The zero-order valence-corrected chi connectivity index (χ0v) is 25.2. The fourth-order valence-corrected chi connectivity index (χ4v) is 7.54. The van der Waals surface area contributed by atoms with E-state index in [2.05, 4.69) is 30.8 Å². The molecule has 4 aliphatic rings. The molecule has 5 heterocycles. The molecule has 4 saturated heterocycles. The number of carbonyl (C=O) groups is 1. The van der Waals surface area contributed by atoms with E-state index in [-0.39, 0.29) is 54.5 Å². The summed E-state index contributed by atoms with van der Waals surface area (Å²) in [5.74, 6) is -1.07. The van der Waals surface area contributed by atoms with Crippen LogP contribution in [0.3, 0.4) is 0 Å². The summed E-state index contributed by atoms with van der Waals surface area (Å²) in [6.45, 7) is 7.03. The Morgan fingerprint density at radius 2 is 1.83 bits per heavy atom. The first-order valence-corrected chi connectivity index (χ1v) is 15.0. The SMILES string of the molecule is CC(C)(C)OC(=O)N1[C@@H]2CC[C@H]1CN(c1nc(OC[C@@]34CCCN3C[C@H](F)C4)nc3c(F)c(Br)c(C(F)(F)F)cc13)C2. The minimum Gasteiger partial charge on any atom is -0.461 e. The van der Waals surface area contributed by atoms with Crippen LogP contribution in [-0.4, -0.2) is 88.0 Å². The second-order valence-electron chi connectivity index (χ2n) is 12.8. The fraction of sp³-hybridized carbons (Fsp3) is 0.679. The Balaban J connectivity index is 1.37. The molecule has 0 aliphatic carbocycles. The van der Waals surface area contributed by atoms with E-state index in [1.807, 2.05) is 0 Å². The zero-order valence-electron chi connectivity index (χ0n) is 23.6. The van der Waals surface area contributed by atoms with Crippen LogP contribution in [0.1, 0.15) is 58.4 Å². The van der Waals surface area contributed by atoms with Crippen LogP contribution in [0, 0.1) is 5.82 Å². The molecule has 14 heteroatoms. The van der Waals surface area contributed by atoms with E-state index in [1.165, 1.54) is 0 Å². The number of piperazine rings is 1. The number of hydrogen-bond donors (Lipinski definition) is 0. The molecule has 6 rings (SSSR count). The number of ether oxygens (including phenoxy) is 2. The predicted molar refractivity (Wildman–Crippen MR) is 148 cm³/mol. The number of benzene rings is 1. The Kier molecular flexibility index (Phi) is 7.26. The molecule has 0 radical (unpaired) electrons. The monoisotopic (exact) mass is 661 g/mol. The summed E-state index contributed by atoms with van der Waals surface area (Å²) >= 11 is 2.78. The minimum absolute atomic E-state index is 0.0828. The molecule has 1 aromatic heterocycles. The zero-order chi connectivity index (χ0) is 30.2. The van der Waals surface area contributed by atoms with Gasteiger partial charge in [0.2, 0.25) is 0 Å². The Bertz CT molecular complexity index is 1390. The number of halogens is 6. The van der Waals surface area contributed by atoms with Crippen molar-refractivity contribution in [2.75, 3.05) is 37.7 Å². The van der Waals surface area contributed by atoms with Crippen LogP contribution in [0.5, 0.6) is 6.01 Å². The van der Waals surface area contributed by atoms with Gasteiger partial charge in [-0.1, -0.05) is 0 Å². The van der Waals surface area contributed by atoms with Gasteiger partial charge >= 0.3 is 18.3 Å². The molecule has 2 aromatic rings. The lowest BCUT2D eigenvalue weighted by molar-refractivity contribution is -0.138. The molecule has 2 bridgehead atoms. The third kappa shape index (κ3) is 5.26. The van der Waals surface area contributed by atoms with Crippen molar-refractivity contribution < 1.29 is 36.2 Å². The first-order valence-electron chi connectivity index (χ1n) is 14.2. The highest BCUT2D eigenvalue weighted by molar-refractivity contribution is 9.10. The van der Waals surface area contributed by atoms with E-state index in [0.717, 1.165) is 25.5 Å². The number of carbonyl (C=O) groups excluding carboxylic acids is 1. The van der Waals surface area contributed by atoms with Gasteiger partial charge in [0, 0.05) is 31.4 Å². The first kappa shape index (κ1) is 29.6. The Morgan fingerprint density at radius 3 is 2.48 bits per heavy atom. The van der Waals surface area contributed by atoms with Crippen molar-refractivity contribution in [3.05, 3.63) is 21.9 Å². The lowest BCUT2D eigenvalue weighted by Crippen LogP contribution is -2.57. The van der Waals surface area contributed by atoms with Crippen molar-refractivity contribution in [2.24, 2.45) is 0 Å². The molecule has 1 aromatic carbocycles. The van der Waals surface area contributed by atoms with Crippen molar-refractivity contribution in [2.45, 2.75) is 88.4 Å². The summed E-state index contributed by atoms with van der Waals surface area (Å²) < 4.78 is 82.4. The number of fused-ring (bicyclic) bond motifs is 4. The van der Waals surface area contributed by atoms with Gasteiger partial charge in [-0.05, 0) is 75.0 Å². The quantitative estimate of drug-likeness (QED) is 0.367. The van der Waals surface area contributed by atoms with E-state index in [4.69, 9.17) is 9.47 Å². The molecule has 0 N–H and O–H groups in total. The summed E-state index contributed by atoms with van der Waals surface area (Å²) in [4.78, 5) is 27.3. The largest absolute Gasteiger partial charge is 0.461 e. The van der Waals surface area contributed by atoms with E-state index in [0.29, 0.717) is 25.8 Å². The van der Waals surface area contributed by atoms with Gasteiger partial charge in [-0.2, -0.15) is 23.1 Å². The topological polar surface area (TPSA) is 71.0 Å². The van der Waals surface area contributed by atoms with E-state index < -0.39 is 45.4 Å². The third-order valence-electron chi connectivity index (χ3n) is 8.75. The van der Waals surface area contributed by atoms with Crippen LogP contribution in [0.4, 0.5) is 32.6 Å². The maximum Gasteiger partial charge on any atom is 0.417 e. The highest BCUT2D eigenvalue weighted by Crippen LogP contribution is 2.44. The molecule has 0 unspecified atom stereocenters. The standard InChI is InChI=1S/C28H33BrF5N5O3/c1-26(2,3)42-25(40)39-16-5-6-17(39)13-37(12-16)23-18-9-19(28(32,33)34)20(29)21(31)22(18)35-24(36-23)41-14-27-7-4-8-38(27)11-15(30)10-27/h9,15-17H,4-8,10-14H2,1-3H3/t15-,16-,17+,27+/m1/s1. The molecule has 4 aliphatic heterocycles. The smallest absolute Gasteiger partial charge is 0.417 e. The molecular weight excluding hydrogens is 629 g/mol. The normalized spacial score (nSPS) is 28.1. The van der Waals surface area contributed by atoms with Crippen LogP contribution in [-0.2, 0) is 10.9 Å². The van der Waals surface area contributed by atoms with Crippen LogP contribution >= 0.6 is 15.9 Å². The van der Waals surface area contributed by atoms with Gasteiger partial charge in [0.15, 0.2) is 5.82 Å². The number of nitrogens with zero attached hydrogens (tertiary/aromatic N) is 5. The fourth-order valence-electron chi connectivity index (χ4n) is 7.02. The molecule has 4 fully saturated rings. The van der Waals surface area contributed by atoms with E-state index >= 15 is 4.39 Å². The highest BCUT2D eigenvalue weighted by Gasteiger charge is 2.50. The van der Waals surface area contributed by atoms with Gasteiger partial charge < -0.3 is 14.4 Å². The molecule has 42 heavy (non-hydrogen) atoms. The molecule has 230 valence electrons.